The molecule has 0 heterocycles. The number of hydrogen-bond acceptors (Lipinski definition) is 5. The molecule has 0 aliphatic rings. The Labute approximate surface area is 568 Å². The third kappa shape index (κ3) is 79.2. The standard InChI is InChI=1S/C86H154O5/c1-3-5-7-9-11-13-15-17-19-21-23-25-27-29-31-33-35-37-39-41-42-43-44-45-47-49-51-53-55-57-59-61-63-65-67-69-71-73-75-77-79-81-86(89)91-84(82-87)83-90-85(88)80-78-76-74-72-70-68-66-64-62-60-58-56-54-52-50-48-46-40-38-36-34-32-30-28-26-24-22-20-18-16-14-12-10-8-6-4-2/h5,7,11,13,17,19,23,25,29,31,35,37,41-42,44-45,84,87H,3-4,6,8-10,12,14-16,18,20-22,24,26-28,30,32-34,36,38-40,43,46-83H2,1-2H3/b7-5-,13-11-,19-17-,25-23-,31-29-,37-35-,42-41-,45-44-. The molecule has 1 atom stereocenters. The fourth-order valence-corrected chi connectivity index (χ4v) is 12.2. The molecule has 0 amide bonds. The number of hydrogen-bond donors (Lipinski definition) is 1. The predicted molar refractivity (Wildman–Crippen MR) is 403 cm³/mol. The number of ether oxygens (including phenoxy) is 2. The van der Waals surface area contributed by atoms with Crippen molar-refractivity contribution in [3.05, 3.63) is 97.2 Å². The minimum atomic E-state index is -0.775. The highest BCUT2D eigenvalue weighted by atomic mass is 16.6. The van der Waals surface area contributed by atoms with Crippen LogP contribution in [0.3, 0.4) is 0 Å². The van der Waals surface area contributed by atoms with Crippen LogP contribution in [0.4, 0.5) is 0 Å². The summed E-state index contributed by atoms with van der Waals surface area (Å²) in [6.07, 6.45) is 116. The average Bonchev–Trinajstić information content (AvgIpc) is 3.68. The Morgan fingerprint density at radius 2 is 0.473 bits per heavy atom. The van der Waals surface area contributed by atoms with Crippen LogP contribution in [-0.4, -0.2) is 36.4 Å². The normalized spacial score (nSPS) is 12.7. The van der Waals surface area contributed by atoms with E-state index in [0.717, 1.165) is 89.9 Å². The number of aliphatic hydroxyl groups excluding tert-OH is 1. The first-order chi connectivity index (χ1) is 45.1. The Balaban J connectivity index is 3.42. The zero-order valence-electron chi connectivity index (χ0n) is 60.9. The Morgan fingerprint density at radius 1 is 0.264 bits per heavy atom. The van der Waals surface area contributed by atoms with Crippen LogP contribution < -0.4 is 0 Å². The molecule has 0 rings (SSSR count). The quantitative estimate of drug-likeness (QED) is 0.0373. The fourth-order valence-electron chi connectivity index (χ4n) is 12.2. The predicted octanol–water partition coefficient (Wildman–Crippen LogP) is 28.5. The molecule has 0 aromatic rings. The topological polar surface area (TPSA) is 72.8 Å². The summed E-state index contributed by atoms with van der Waals surface area (Å²) in [5.74, 6) is -0.571. The van der Waals surface area contributed by atoms with E-state index in [1.807, 2.05) is 0 Å². The lowest BCUT2D eigenvalue weighted by Gasteiger charge is -2.15. The first-order valence-electron chi connectivity index (χ1n) is 40.3. The SMILES string of the molecule is CC/C=C\C/C=C\C/C=C\C/C=C\C/C=C\C/C=C\C/C=C\C/C=C\CCCCCCCCCCCCCCCCCCC(=O)OC(CO)COC(=O)CCCCCCCCCCCCCCCCCCCCCCCCCCCCCCCCCCCCCC. The van der Waals surface area contributed by atoms with Crippen LogP contribution in [0.15, 0.2) is 97.2 Å². The molecule has 0 bridgehead atoms. The molecule has 0 aliphatic heterocycles. The van der Waals surface area contributed by atoms with Gasteiger partial charge in [-0.15, -0.1) is 0 Å². The molecule has 0 aromatic carbocycles. The van der Waals surface area contributed by atoms with Crippen LogP contribution in [0.5, 0.6) is 0 Å². The lowest BCUT2D eigenvalue weighted by Crippen LogP contribution is -2.28. The molecule has 1 N–H and O–H groups in total. The lowest BCUT2D eigenvalue weighted by atomic mass is 10.0. The van der Waals surface area contributed by atoms with Crippen molar-refractivity contribution < 1.29 is 24.2 Å². The van der Waals surface area contributed by atoms with E-state index in [4.69, 9.17) is 9.47 Å². The molecule has 0 fully saturated rings. The van der Waals surface area contributed by atoms with Gasteiger partial charge in [-0.05, 0) is 77.0 Å². The summed E-state index contributed by atoms with van der Waals surface area (Å²) < 4.78 is 10.8. The van der Waals surface area contributed by atoms with Crippen LogP contribution >= 0.6 is 0 Å². The zero-order valence-corrected chi connectivity index (χ0v) is 60.9. The molecular formula is C86H154O5. The summed E-state index contributed by atoms with van der Waals surface area (Å²) in [6.45, 7) is 4.08. The first-order valence-corrected chi connectivity index (χ1v) is 40.3. The second-order valence-corrected chi connectivity index (χ2v) is 27.1. The molecule has 528 valence electrons. The molecule has 5 nitrogen and oxygen atoms in total. The van der Waals surface area contributed by atoms with E-state index in [0.29, 0.717) is 12.8 Å². The Hall–Kier alpha value is -3.18. The van der Waals surface area contributed by atoms with Gasteiger partial charge in [0.15, 0.2) is 6.10 Å². The average molecular weight is 1270 g/mol. The molecule has 0 saturated heterocycles. The van der Waals surface area contributed by atoms with Crippen molar-refractivity contribution in [1.29, 1.82) is 0 Å². The van der Waals surface area contributed by atoms with E-state index in [-0.39, 0.29) is 25.2 Å². The highest BCUT2D eigenvalue weighted by molar-refractivity contribution is 5.70. The van der Waals surface area contributed by atoms with Gasteiger partial charge in [0.25, 0.3) is 0 Å². The van der Waals surface area contributed by atoms with E-state index in [9.17, 15) is 14.7 Å². The third-order valence-electron chi connectivity index (χ3n) is 18.1. The summed E-state index contributed by atoms with van der Waals surface area (Å²) in [6, 6.07) is 0. The Bertz CT molecular complexity index is 1680. The Morgan fingerprint density at radius 3 is 0.714 bits per heavy atom. The minimum Gasteiger partial charge on any atom is -0.462 e. The van der Waals surface area contributed by atoms with Crippen molar-refractivity contribution in [2.75, 3.05) is 13.2 Å². The smallest absolute Gasteiger partial charge is 0.306 e. The monoisotopic (exact) mass is 1270 g/mol. The van der Waals surface area contributed by atoms with Gasteiger partial charge in [-0.1, -0.05) is 426 Å². The minimum absolute atomic E-state index is 0.0629. The van der Waals surface area contributed by atoms with Crippen LogP contribution in [0, 0.1) is 0 Å². The van der Waals surface area contributed by atoms with Gasteiger partial charge in [-0.25, -0.2) is 0 Å². The second kappa shape index (κ2) is 81.1. The number of unbranched alkanes of at least 4 members (excludes halogenated alkanes) is 51. The van der Waals surface area contributed by atoms with Crippen molar-refractivity contribution in [2.24, 2.45) is 0 Å². The van der Waals surface area contributed by atoms with Gasteiger partial charge in [0.2, 0.25) is 0 Å². The molecule has 0 aliphatic carbocycles. The maximum absolute atomic E-state index is 12.4. The number of carbonyl (C=O) groups excluding carboxylic acids is 2. The summed E-state index contributed by atoms with van der Waals surface area (Å²) in [5.41, 5.74) is 0. The van der Waals surface area contributed by atoms with Crippen molar-refractivity contribution in [3.8, 4) is 0 Å². The van der Waals surface area contributed by atoms with Gasteiger partial charge in [0.05, 0.1) is 6.61 Å². The van der Waals surface area contributed by atoms with Crippen LogP contribution in [-0.2, 0) is 19.1 Å². The maximum atomic E-state index is 12.4. The molecule has 91 heavy (non-hydrogen) atoms. The van der Waals surface area contributed by atoms with Gasteiger partial charge in [0.1, 0.15) is 6.61 Å². The third-order valence-corrected chi connectivity index (χ3v) is 18.1. The fraction of sp³-hybridized carbons (Fsp3) is 0.791. The van der Waals surface area contributed by atoms with Gasteiger partial charge >= 0.3 is 11.9 Å². The molecule has 1 unspecified atom stereocenters. The summed E-state index contributed by atoms with van der Waals surface area (Å²) in [7, 11) is 0. The summed E-state index contributed by atoms with van der Waals surface area (Å²) in [5, 5.41) is 9.73. The zero-order chi connectivity index (χ0) is 65.4. The molecule has 0 radical (unpaired) electrons. The summed E-state index contributed by atoms with van der Waals surface area (Å²) in [4.78, 5) is 24.7. The van der Waals surface area contributed by atoms with Crippen LogP contribution in [0.25, 0.3) is 0 Å². The molecule has 0 saturated carbocycles. The first kappa shape index (κ1) is 87.8. The molecule has 0 aromatic heterocycles. The molecule has 0 spiro atoms. The highest BCUT2D eigenvalue weighted by Gasteiger charge is 2.16. The van der Waals surface area contributed by atoms with Crippen molar-refractivity contribution >= 4 is 11.9 Å². The summed E-state index contributed by atoms with van der Waals surface area (Å²) >= 11 is 0. The van der Waals surface area contributed by atoms with Gasteiger partial charge < -0.3 is 14.6 Å². The molecule has 5 heteroatoms. The van der Waals surface area contributed by atoms with Crippen molar-refractivity contribution in [2.45, 2.75) is 424 Å². The maximum Gasteiger partial charge on any atom is 0.306 e. The van der Waals surface area contributed by atoms with Crippen molar-refractivity contribution in [3.63, 3.8) is 0 Å². The van der Waals surface area contributed by atoms with Crippen LogP contribution in [0.2, 0.25) is 0 Å². The van der Waals surface area contributed by atoms with Crippen molar-refractivity contribution in [1.82, 2.24) is 0 Å². The lowest BCUT2D eigenvalue weighted by molar-refractivity contribution is -0.161. The van der Waals surface area contributed by atoms with E-state index in [1.165, 1.54) is 302 Å². The highest BCUT2D eigenvalue weighted by Crippen LogP contribution is 2.20. The van der Waals surface area contributed by atoms with Gasteiger partial charge in [0, 0.05) is 12.8 Å². The van der Waals surface area contributed by atoms with E-state index in [1.54, 1.807) is 0 Å². The van der Waals surface area contributed by atoms with Gasteiger partial charge in [-0.2, -0.15) is 0 Å². The number of aliphatic hydroxyl groups is 1. The van der Waals surface area contributed by atoms with E-state index in [2.05, 4.69) is 111 Å². The van der Waals surface area contributed by atoms with Gasteiger partial charge in [-0.3, -0.25) is 9.59 Å². The van der Waals surface area contributed by atoms with E-state index >= 15 is 0 Å². The second-order valence-electron chi connectivity index (χ2n) is 27.1. The van der Waals surface area contributed by atoms with Crippen LogP contribution in [0.1, 0.15) is 418 Å². The van der Waals surface area contributed by atoms with E-state index < -0.39 is 6.10 Å². The largest absolute Gasteiger partial charge is 0.462 e. The number of allylic oxidation sites excluding steroid dienone is 16. The number of rotatable bonds is 75. The molecular weight excluding hydrogens is 1110 g/mol. The number of carbonyl (C=O) groups is 2. The number of esters is 2. The Kier molecular flexibility index (Phi) is 78.2.